The van der Waals surface area contributed by atoms with E-state index in [2.05, 4.69) is 0 Å². The molecule has 0 spiro atoms. The molecule has 24 heavy (non-hydrogen) atoms. The normalized spacial score (nSPS) is 12.1. The zero-order valence-corrected chi connectivity index (χ0v) is 13.7. The third-order valence-electron chi connectivity index (χ3n) is 2.99. The van der Waals surface area contributed by atoms with Crippen molar-refractivity contribution in [2.24, 2.45) is 0 Å². The number of non-ortho nitro benzene ring substituents is 1. The molecule has 8 heteroatoms. The minimum absolute atomic E-state index is 0.0374. The van der Waals surface area contributed by atoms with Crippen molar-refractivity contribution in [2.75, 3.05) is 0 Å². The van der Waals surface area contributed by atoms with Crippen molar-refractivity contribution in [1.29, 1.82) is 0 Å². The van der Waals surface area contributed by atoms with Gasteiger partial charge in [-0.3, -0.25) is 10.1 Å². The fraction of sp³-hybridized carbons (Fsp3) is 0. The quantitative estimate of drug-likeness (QED) is 0.334. The number of benzene rings is 2. The van der Waals surface area contributed by atoms with Crippen molar-refractivity contribution in [3.05, 3.63) is 80.9 Å². The molecule has 0 aromatic heterocycles. The van der Waals surface area contributed by atoms with Gasteiger partial charge in [0.15, 0.2) is 0 Å². The summed E-state index contributed by atoms with van der Waals surface area (Å²) >= 11 is 5.68. The first-order valence-electron chi connectivity index (χ1n) is 6.61. The molecule has 2 aromatic carbocycles. The maximum absolute atomic E-state index is 13.3. The smallest absolute Gasteiger partial charge is 0.258 e. The van der Waals surface area contributed by atoms with Gasteiger partial charge in [-0.2, -0.15) is 8.42 Å². The standard InChI is InChI=1S/C16H11ClFNO4S/c17-14-9-8-13(16(11-14)24(18,22)23)6-2-1-4-12-5-3-7-15(10-12)19(20)21/h1-11H/b4-1+,6-2+. The summed E-state index contributed by atoms with van der Waals surface area (Å²) in [6, 6.07) is 9.85. The van der Waals surface area contributed by atoms with Crippen molar-refractivity contribution in [1.82, 2.24) is 0 Å². The molecule has 0 aliphatic carbocycles. The van der Waals surface area contributed by atoms with E-state index in [-0.39, 0.29) is 16.3 Å². The summed E-state index contributed by atoms with van der Waals surface area (Å²) in [5.74, 6) is 0. The summed E-state index contributed by atoms with van der Waals surface area (Å²) in [5.41, 5.74) is 0.707. The molecular formula is C16H11ClFNO4S. The topological polar surface area (TPSA) is 77.3 Å². The van der Waals surface area contributed by atoms with E-state index in [0.29, 0.717) is 5.56 Å². The molecule has 0 aliphatic heterocycles. The molecule has 0 heterocycles. The van der Waals surface area contributed by atoms with E-state index >= 15 is 0 Å². The van der Waals surface area contributed by atoms with E-state index in [4.69, 9.17) is 11.6 Å². The molecule has 0 fully saturated rings. The minimum atomic E-state index is -4.90. The summed E-state index contributed by atoms with van der Waals surface area (Å²) in [4.78, 5) is 9.67. The molecular weight excluding hydrogens is 357 g/mol. The molecule has 0 saturated heterocycles. The first kappa shape index (κ1) is 17.8. The van der Waals surface area contributed by atoms with Gasteiger partial charge < -0.3 is 0 Å². The predicted molar refractivity (Wildman–Crippen MR) is 90.9 cm³/mol. The summed E-state index contributed by atoms with van der Waals surface area (Å²) in [6.07, 6.45) is 6.05. The molecule has 0 N–H and O–H groups in total. The van der Waals surface area contributed by atoms with Gasteiger partial charge in [0.1, 0.15) is 4.90 Å². The van der Waals surface area contributed by atoms with Gasteiger partial charge in [0.05, 0.1) is 4.92 Å². The Kier molecular flexibility index (Phi) is 5.48. The molecule has 124 valence electrons. The van der Waals surface area contributed by atoms with Crippen LogP contribution in [0.5, 0.6) is 0 Å². The Morgan fingerprint density at radius 3 is 2.46 bits per heavy atom. The van der Waals surface area contributed by atoms with Gasteiger partial charge in [0.2, 0.25) is 0 Å². The summed E-state index contributed by atoms with van der Waals surface area (Å²) in [6.45, 7) is 0. The van der Waals surface area contributed by atoms with Crippen molar-refractivity contribution in [2.45, 2.75) is 4.90 Å². The molecule has 0 atom stereocenters. The second-order valence-corrected chi connectivity index (χ2v) is 6.44. The Hall–Kier alpha value is -2.51. The fourth-order valence-corrected chi connectivity index (χ4v) is 2.85. The Bertz CT molecular complexity index is 939. The third kappa shape index (κ3) is 4.74. The summed E-state index contributed by atoms with van der Waals surface area (Å²) in [5, 5.41) is 10.8. The van der Waals surface area contributed by atoms with E-state index in [9.17, 15) is 22.4 Å². The number of nitro groups is 1. The average molecular weight is 368 g/mol. The number of rotatable bonds is 5. The van der Waals surface area contributed by atoms with E-state index in [1.807, 2.05) is 0 Å². The lowest BCUT2D eigenvalue weighted by molar-refractivity contribution is -0.384. The van der Waals surface area contributed by atoms with Crippen LogP contribution in [0.4, 0.5) is 9.57 Å². The minimum Gasteiger partial charge on any atom is -0.258 e. The van der Waals surface area contributed by atoms with Gasteiger partial charge >= 0.3 is 10.2 Å². The van der Waals surface area contributed by atoms with E-state index in [1.54, 1.807) is 24.3 Å². The summed E-state index contributed by atoms with van der Waals surface area (Å²) < 4.78 is 35.5. The second-order valence-electron chi connectivity index (χ2n) is 4.69. The predicted octanol–water partition coefficient (Wildman–Crippen LogP) is 4.63. The van der Waals surface area contributed by atoms with E-state index in [0.717, 1.165) is 6.07 Å². The molecule has 0 aliphatic rings. The molecule has 0 unspecified atom stereocenters. The number of nitro benzene ring substituents is 1. The lowest BCUT2D eigenvalue weighted by Crippen LogP contribution is -1.95. The van der Waals surface area contributed by atoms with Crippen LogP contribution in [-0.2, 0) is 10.2 Å². The van der Waals surface area contributed by atoms with Crippen molar-refractivity contribution >= 4 is 39.7 Å². The zero-order valence-electron chi connectivity index (χ0n) is 12.1. The van der Waals surface area contributed by atoms with Gasteiger partial charge in [0, 0.05) is 17.2 Å². The first-order valence-corrected chi connectivity index (χ1v) is 8.37. The Labute approximate surface area is 143 Å². The van der Waals surface area contributed by atoms with Gasteiger partial charge in [-0.1, -0.05) is 54.1 Å². The van der Waals surface area contributed by atoms with Crippen LogP contribution in [0.3, 0.4) is 0 Å². The highest BCUT2D eigenvalue weighted by Crippen LogP contribution is 2.23. The van der Waals surface area contributed by atoms with Gasteiger partial charge in [-0.15, -0.1) is 3.89 Å². The zero-order chi connectivity index (χ0) is 17.7. The Morgan fingerprint density at radius 2 is 1.79 bits per heavy atom. The number of halogens is 2. The molecule has 0 radical (unpaired) electrons. The van der Waals surface area contributed by atoms with Crippen LogP contribution in [0.15, 0.2) is 59.5 Å². The van der Waals surface area contributed by atoms with Crippen LogP contribution in [0.25, 0.3) is 12.2 Å². The number of hydrogen-bond donors (Lipinski definition) is 0. The number of hydrogen-bond acceptors (Lipinski definition) is 4. The molecule has 2 rings (SSSR count). The molecule has 0 bridgehead atoms. The number of nitrogens with zero attached hydrogens (tertiary/aromatic N) is 1. The largest absolute Gasteiger partial charge is 0.332 e. The van der Waals surface area contributed by atoms with Crippen molar-refractivity contribution in [3.8, 4) is 0 Å². The number of allylic oxidation sites excluding steroid dienone is 2. The molecule has 0 amide bonds. The first-order chi connectivity index (χ1) is 11.3. The van der Waals surface area contributed by atoms with Gasteiger partial charge in [-0.05, 0) is 23.3 Å². The van der Waals surface area contributed by atoms with E-state index < -0.39 is 20.0 Å². The fourth-order valence-electron chi connectivity index (χ4n) is 1.92. The van der Waals surface area contributed by atoms with E-state index in [1.165, 1.54) is 36.4 Å². The monoisotopic (exact) mass is 367 g/mol. The maximum Gasteiger partial charge on any atom is 0.332 e. The molecule has 5 nitrogen and oxygen atoms in total. The Balaban J connectivity index is 2.24. The van der Waals surface area contributed by atoms with Crippen LogP contribution >= 0.6 is 11.6 Å². The molecule has 0 saturated carbocycles. The lowest BCUT2D eigenvalue weighted by atomic mass is 10.1. The van der Waals surface area contributed by atoms with Gasteiger partial charge in [0.25, 0.3) is 5.69 Å². The van der Waals surface area contributed by atoms with Crippen molar-refractivity contribution < 1.29 is 17.2 Å². The van der Waals surface area contributed by atoms with Crippen LogP contribution in [0, 0.1) is 10.1 Å². The Morgan fingerprint density at radius 1 is 1.08 bits per heavy atom. The maximum atomic E-state index is 13.3. The van der Waals surface area contributed by atoms with Crippen LogP contribution < -0.4 is 0 Å². The second kappa shape index (κ2) is 7.37. The van der Waals surface area contributed by atoms with Crippen LogP contribution in [0.2, 0.25) is 5.02 Å². The highest BCUT2D eigenvalue weighted by Gasteiger charge is 2.16. The lowest BCUT2D eigenvalue weighted by Gasteiger charge is -2.01. The summed E-state index contributed by atoms with van der Waals surface area (Å²) in [7, 11) is -4.90. The van der Waals surface area contributed by atoms with Crippen LogP contribution in [0.1, 0.15) is 11.1 Å². The third-order valence-corrected chi connectivity index (χ3v) is 4.11. The molecule has 2 aromatic rings. The highest BCUT2D eigenvalue weighted by molar-refractivity contribution is 7.86. The van der Waals surface area contributed by atoms with Crippen LogP contribution in [-0.4, -0.2) is 13.3 Å². The SMILES string of the molecule is O=[N+]([O-])c1cccc(/C=C/C=C/c2ccc(Cl)cc2S(=O)(=O)F)c1. The van der Waals surface area contributed by atoms with Gasteiger partial charge in [-0.25, -0.2) is 0 Å². The highest BCUT2D eigenvalue weighted by atomic mass is 35.5. The van der Waals surface area contributed by atoms with Crippen molar-refractivity contribution in [3.63, 3.8) is 0 Å². The average Bonchev–Trinajstić information content (AvgIpc) is 2.52.